The normalized spacial score (nSPS) is 15.4. The molecule has 0 spiro atoms. The number of amides is 2. The molecule has 1 fully saturated rings. The van der Waals surface area contributed by atoms with Gasteiger partial charge in [0.1, 0.15) is 12.4 Å². The van der Waals surface area contributed by atoms with Crippen molar-refractivity contribution in [2.45, 2.75) is 19.5 Å². The number of thioether (sulfide) groups is 1. The van der Waals surface area contributed by atoms with Crippen LogP contribution in [0.3, 0.4) is 0 Å². The maximum Gasteiger partial charge on any atom is 0.298 e. The van der Waals surface area contributed by atoms with Crippen LogP contribution in [0.2, 0.25) is 0 Å². The number of para-hydroxylation sites is 2. The van der Waals surface area contributed by atoms with Crippen molar-refractivity contribution >= 4 is 28.6 Å². The maximum absolute atomic E-state index is 12.2. The van der Waals surface area contributed by atoms with Crippen LogP contribution in [0.5, 0.6) is 5.75 Å². The number of carbonyl (C=O) groups excluding carboxylic acids is 2. The number of imide groups is 1. The van der Waals surface area contributed by atoms with Gasteiger partial charge in [-0.2, -0.15) is 0 Å². The molecule has 134 valence electrons. The molecule has 0 radical (unpaired) electrons. The van der Waals surface area contributed by atoms with Crippen molar-refractivity contribution in [1.82, 2.24) is 10.3 Å². The summed E-state index contributed by atoms with van der Waals surface area (Å²) in [5, 5.41) is 2.97. The van der Waals surface area contributed by atoms with Gasteiger partial charge in [0.05, 0.1) is 16.3 Å². The highest BCUT2D eigenvalue weighted by atomic mass is 32.2. The van der Waals surface area contributed by atoms with Crippen LogP contribution in [-0.4, -0.2) is 28.8 Å². The van der Waals surface area contributed by atoms with E-state index in [0.29, 0.717) is 24.6 Å². The number of ether oxygens (including phenoxy) is 1. The lowest BCUT2D eigenvalue weighted by atomic mass is 10.2. The Morgan fingerprint density at radius 3 is 2.69 bits per heavy atom. The Morgan fingerprint density at radius 1 is 1.23 bits per heavy atom. The minimum atomic E-state index is -0.405. The number of hydrogen-bond donors (Lipinski definition) is 1. The summed E-state index contributed by atoms with van der Waals surface area (Å²) in [5.74, 6) is 0.0772. The highest BCUT2D eigenvalue weighted by molar-refractivity contribution is 8.18. The van der Waals surface area contributed by atoms with Crippen molar-refractivity contribution in [2.24, 2.45) is 0 Å². The highest BCUT2D eigenvalue weighted by Gasteiger charge is 2.36. The third kappa shape index (κ3) is 4.12. The molecular weight excluding hydrogens is 350 g/mol. The molecule has 0 aliphatic carbocycles. The maximum atomic E-state index is 12.2. The van der Waals surface area contributed by atoms with Crippen molar-refractivity contribution in [3.8, 4) is 5.75 Å². The Labute approximate surface area is 156 Å². The summed E-state index contributed by atoms with van der Waals surface area (Å²) in [6, 6.07) is 12.8. The second-order valence-corrected chi connectivity index (χ2v) is 6.86. The highest BCUT2D eigenvalue weighted by Crippen LogP contribution is 2.38. The van der Waals surface area contributed by atoms with Gasteiger partial charge in [0.25, 0.3) is 11.1 Å². The summed E-state index contributed by atoms with van der Waals surface area (Å²) in [7, 11) is 0. The quantitative estimate of drug-likeness (QED) is 0.755. The smallest absolute Gasteiger partial charge is 0.298 e. The molecule has 1 unspecified atom stereocenters. The average Bonchev–Trinajstić information content (AvgIpc) is 2.91. The van der Waals surface area contributed by atoms with E-state index in [4.69, 9.17) is 4.74 Å². The fourth-order valence-electron chi connectivity index (χ4n) is 2.43. The van der Waals surface area contributed by atoms with E-state index in [9.17, 15) is 9.59 Å². The molecule has 2 heterocycles. The fourth-order valence-corrected chi connectivity index (χ4v) is 3.09. The number of aromatic nitrogens is 1. The molecule has 0 bridgehead atoms. The minimum Gasteiger partial charge on any atom is -0.490 e. The summed E-state index contributed by atoms with van der Waals surface area (Å²) in [4.78, 5) is 29.8. The second kappa shape index (κ2) is 8.16. The van der Waals surface area contributed by atoms with Gasteiger partial charge >= 0.3 is 0 Å². The molecule has 7 heteroatoms. The third-order valence-electron chi connectivity index (χ3n) is 3.79. The molecule has 2 aromatic rings. The number of nitrogens with zero attached hydrogens (tertiary/aromatic N) is 2. The van der Waals surface area contributed by atoms with E-state index in [1.807, 2.05) is 25.1 Å². The molecule has 1 saturated heterocycles. The number of pyridine rings is 1. The molecule has 3 rings (SSSR count). The molecule has 26 heavy (non-hydrogen) atoms. The Balaban J connectivity index is 1.63. The first kappa shape index (κ1) is 18.2. The fraction of sp³-hybridized carbons (Fsp3) is 0.211. The van der Waals surface area contributed by atoms with Crippen LogP contribution in [-0.2, 0) is 11.3 Å². The van der Waals surface area contributed by atoms with Gasteiger partial charge in [-0.05, 0) is 43.0 Å². The predicted octanol–water partition coefficient (Wildman–Crippen LogP) is 3.35. The molecule has 1 aromatic carbocycles. The third-order valence-corrected chi connectivity index (χ3v) is 4.57. The van der Waals surface area contributed by atoms with E-state index in [-0.39, 0.29) is 16.2 Å². The first-order chi connectivity index (χ1) is 12.6. The lowest BCUT2D eigenvalue weighted by Gasteiger charge is -2.19. The van der Waals surface area contributed by atoms with Crippen LogP contribution in [0.25, 0.3) is 0 Å². The first-order valence-electron chi connectivity index (χ1n) is 8.16. The Morgan fingerprint density at radius 2 is 2.00 bits per heavy atom. The SMILES string of the molecule is C=C1SC(=O)N(c2ccccc2OCC(C)NCc2ccccn2)C1=O. The van der Waals surface area contributed by atoms with Gasteiger partial charge in [0.15, 0.2) is 0 Å². The summed E-state index contributed by atoms with van der Waals surface area (Å²) >= 11 is 0.838. The van der Waals surface area contributed by atoms with Crippen LogP contribution in [0.15, 0.2) is 60.1 Å². The number of anilines is 1. The number of carbonyl (C=O) groups is 2. The average molecular weight is 369 g/mol. The van der Waals surface area contributed by atoms with Crippen molar-refractivity contribution in [3.05, 3.63) is 65.8 Å². The van der Waals surface area contributed by atoms with Crippen LogP contribution in [0.1, 0.15) is 12.6 Å². The number of hydrogen-bond acceptors (Lipinski definition) is 6. The van der Waals surface area contributed by atoms with Gasteiger partial charge in [-0.15, -0.1) is 0 Å². The van der Waals surface area contributed by atoms with Gasteiger partial charge in [-0.25, -0.2) is 4.90 Å². The van der Waals surface area contributed by atoms with E-state index in [1.54, 1.807) is 30.5 Å². The van der Waals surface area contributed by atoms with Crippen molar-refractivity contribution < 1.29 is 14.3 Å². The Hall–Kier alpha value is -2.64. The predicted molar refractivity (Wildman–Crippen MR) is 102 cm³/mol. The zero-order valence-corrected chi connectivity index (χ0v) is 15.2. The van der Waals surface area contributed by atoms with E-state index in [2.05, 4.69) is 16.9 Å². The number of rotatable bonds is 7. The molecule has 6 nitrogen and oxygen atoms in total. The molecule has 1 aliphatic rings. The molecule has 0 saturated carbocycles. The number of nitrogens with one attached hydrogen (secondary N) is 1. The largest absolute Gasteiger partial charge is 0.490 e. The zero-order valence-electron chi connectivity index (χ0n) is 14.3. The molecule has 1 N–H and O–H groups in total. The molecule has 1 atom stereocenters. The van der Waals surface area contributed by atoms with Gasteiger partial charge in [0, 0.05) is 18.8 Å². The topological polar surface area (TPSA) is 71.5 Å². The molecular formula is C19H19N3O3S. The first-order valence-corrected chi connectivity index (χ1v) is 8.98. The van der Waals surface area contributed by atoms with Gasteiger partial charge in [0.2, 0.25) is 0 Å². The van der Waals surface area contributed by atoms with E-state index >= 15 is 0 Å². The number of benzene rings is 1. The van der Waals surface area contributed by atoms with Crippen LogP contribution >= 0.6 is 11.8 Å². The second-order valence-electron chi connectivity index (χ2n) is 5.81. The van der Waals surface area contributed by atoms with Crippen LogP contribution in [0, 0.1) is 0 Å². The lowest BCUT2D eigenvalue weighted by molar-refractivity contribution is -0.113. The summed E-state index contributed by atoms with van der Waals surface area (Å²) < 4.78 is 5.86. The van der Waals surface area contributed by atoms with Crippen LogP contribution in [0.4, 0.5) is 10.5 Å². The Kier molecular flexibility index (Phi) is 5.70. The zero-order chi connectivity index (χ0) is 18.5. The molecule has 1 aliphatic heterocycles. The molecule has 2 amide bonds. The summed E-state index contributed by atoms with van der Waals surface area (Å²) in [5.41, 5.74) is 1.38. The standard InChI is InChI=1S/C19H19N3O3S/c1-13(21-11-15-7-5-6-10-20-15)12-25-17-9-4-3-8-16(17)22-18(23)14(2)26-19(22)24/h3-10,13,21H,2,11-12H2,1H3. The van der Waals surface area contributed by atoms with E-state index < -0.39 is 5.91 Å². The lowest BCUT2D eigenvalue weighted by Crippen LogP contribution is -2.32. The Bertz CT molecular complexity index is 826. The monoisotopic (exact) mass is 369 g/mol. The van der Waals surface area contributed by atoms with Crippen LogP contribution < -0.4 is 15.0 Å². The van der Waals surface area contributed by atoms with Crippen molar-refractivity contribution in [2.75, 3.05) is 11.5 Å². The van der Waals surface area contributed by atoms with Gasteiger partial charge in [-0.1, -0.05) is 24.8 Å². The van der Waals surface area contributed by atoms with Gasteiger partial charge < -0.3 is 10.1 Å². The van der Waals surface area contributed by atoms with Crippen molar-refractivity contribution in [3.63, 3.8) is 0 Å². The summed E-state index contributed by atoms with van der Waals surface area (Å²) in [6.07, 6.45) is 1.75. The van der Waals surface area contributed by atoms with Gasteiger partial charge in [-0.3, -0.25) is 14.6 Å². The van der Waals surface area contributed by atoms with E-state index in [1.165, 1.54) is 0 Å². The summed E-state index contributed by atoms with van der Waals surface area (Å²) in [6.45, 7) is 6.62. The van der Waals surface area contributed by atoms with Crippen molar-refractivity contribution in [1.29, 1.82) is 0 Å². The van der Waals surface area contributed by atoms with E-state index in [0.717, 1.165) is 22.4 Å². The molecule has 1 aromatic heterocycles. The minimum absolute atomic E-state index is 0.0550.